The number of nitrogens with zero attached hydrogens (tertiary/aromatic N) is 1. The molecule has 0 saturated heterocycles. The Labute approximate surface area is 111 Å². The van der Waals surface area contributed by atoms with Gasteiger partial charge in [0.1, 0.15) is 0 Å². The largest absolute Gasteiger partial charge is 0.385 e. The smallest absolute Gasteiger partial charge is 0.0375 e. The van der Waals surface area contributed by atoms with Gasteiger partial charge >= 0.3 is 0 Å². The van der Waals surface area contributed by atoms with E-state index in [0.717, 1.165) is 19.6 Å². The highest BCUT2D eigenvalue weighted by atomic mass is 15.1. The predicted molar refractivity (Wildman–Crippen MR) is 79.1 cm³/mol. The van der Waals surface area contributed by atoms with E-state index in [2.05, 4.69) is 42.3 Å². The second-order valence-corrected chi connectivity index (χ2v) is 5.20. The highest BCUT2D eigenvalue weighted by molar-refractivity contribution is 5.56. The molecule has 2 heteroatoms. The molecule has 2 nitrogen and oxygen atoms in total. The van der Waals surface area contributed by atoms with Crippen LogP contribution in [0.3, 0.4) is 0 Å². The summed E-state index contributed by atoms with van der Waals surface area (Å²) >= 11 is 0. The molecule has 0 bridgehead atoms. The van der Waals surface area contributed by atoms with Crippen molar-refractivity contribution in [3.63, 3.8) is 0 Å². The minimum absolute atomic E-state index is 1.11. The minimum Gasteiger partial charge on any atom is -0.385 e. The maximum Gasteiger partial charge on any atom is 0.0375 e. The van der Waals surface area contributed by atoms with Crippen LogP contribution < -0.4 is 5.32 Å². The molecule has 1 heterocycles. The fourth-order valence-corrected chi connectivity index (χ4v) is 2.70. The van der Waals surface area contributed by atoms with Crippen LogP contribution in [-0.4, -0.2) is 24.5 Å². The zero-order valence-corrected chi connectivity index (χ0v) is 11.8. The van der Waals surface area contributed by atoms with Crippen molar-refractivity contribution in [3.05, 3.63) is 29.3 Å². The van der Waals surface area contributed by atoms with Crippen molar-refractivity contribution < 1.29 is 0 Å². The van der Waals surface area contributed by atoms with Crippen molar-refractivity contribution in [2.24, 2.45) is 0 Å². The molecule has 0 spiro atoms. The molecule has 1 aromatic rings. The summed E-state index contributed by atoms with van der Waals surface area (Å²) in [6, 6.07) is 6.72. The van der Waals surface area contributed by atoms with Crippen LogP contribution in [0.15, 0.2) is 18.2 Å². The Kier molecular flexibility index (Phi) is 5.06. The summed E-state index contributed by atoms with van der Waals surface area (Å²) in [5, 5.41) is 3.52. The van der Waals surface area contributed by atoms with Crippen molar-refractivity contribution in [1.29, 1.82) is 0 Å². The van der Waals surface area contributed by atoms with Crippen LogP contribution in [-0.2, 0) is 13.0 Å². The van der Waals surface area contributed by atoms with Crippen LogP contribution in [0.4, 0.5) is 5.69 Å². The molecule has 0 aliphatic carbocycles. The van der Waals surface area contributed by atoms with E-state index in [1.165, 1.54) is 43.5 Å². The summed E-state index contributed by atoms with van der Waals surface area (Å²) in [6.45, 7) is 9.15. The molecule has 2 rings (SSSR count). The average Bonchev–Trinajstić information content (AvgIpc) is 2.43. The van der Waals surface area contributed by atoms with Gasteiger partial charge in [-0.2, -0.15) is 0 Å². The minimum atomic E-state index is 1.11. The van der Waals surface area contributed by atoms with Gasteiger partial charge in [0.25, 0.3) is 0 Å². The van der Waals surface area contributed by atoms with Gasteiger partial charge in [-0.25, -0.2) is 0 Å². The topological polar surface area (TPSA) is 15.3 Å². The van der Waals surface area contributed by atoms with Gasteiger partial charge in [0.2, 0.25) is 0 Å². The van der Waals surface area contributed by atoms with Crippen molar-refractivity contribution in [3.8, 4) is 0 Å². The molecule has 0 radical (unpaired) electrons. The van der Waals surface area contributed by atoms with Crippen LogP contribution >= 0.6 is 0 Å². The lowest BCUT2D eigenvalue weighted by molar-refractivity contribution is 0.274. The first-order chi connectivity index (χ1) is 8.85. The van der Waals surface area contributed by atoms with E-state index >= 15 is 0 Å². The Morgan fingerprint density at radius 3 is 2.94 bits per heavy atom. The number of anilines is 1. The van der Waals surface area contributed by atoms with Gasteiger partial charge in [-0.05, 0) is 49.5 Å². The molecule has 0 unspecified atom stereocenters. The Morgan fingerprint density at radius 1 is 1.28 bits per heavy atom. The lowest BCUT2D eigenvalue weighted by Crippen LogP contribution is -2.25. The third-order valence-electron chi connectivity index (χ3n) is 3.86. The van der Waals surface area contributed by atoms with E-state index in [1.54, 1.807) is 5.56 Å². The lowest BCUT2D eigenvalue weighted by Gasteiger charge is -2.25. The SMILES string of the molecule is CCCCN(CC)Cc1cccc2c1CCCN2. The predicted octanol–water partition coefficient (Wildman–Crippen LogP) is 3.67. The van der Waals surface area contributed by atoms with E-state index in [1.807, 2.05) is 0 Å². The van der Waals surface area contributed by atoms with Crippen molar-refractivity contribution in [1.82, 2.24) is 4.90 Å². The first-order valence-electron chi connectivity index (χ1n) is 7.42. The number of unbranched alkanes of at least 4 members (excludes halogenated alkanes) is 1. The van der Waals surface area contributed by atoms with Crippen molar-refractivity contribution in [2.45, 2.75) is 46.1 Å². The molecule has 1 N–H and O–H groups in total. The number of hydrogen-bond donors (Lipinski definition) is 1. The maximum atomic E-state index is 3.52. The second kappa shape index (κ2) is 6.79. The molecule has 18 heavy (non-hydrogen) atoms. The summed E-state index contributed by atoms with van der Waals surface area (Å²) in [6.07, 6.45) is 5.10. The van der Waals surface area contributed by atoms with E-state index in [0.29, 0.717) is 0 Å². The quantitative estimate of drug-likeness (QED) is 0.824. The highest BCUT2D eigenvalue weighted by Gasteiger charge is 2.13. The maximum absolute atomic E-state index is 3.52. The first kappa shape index (κ1) is 13.4. The normalized spacial score (nSPS) is 14.4. The highest BCUT2D eigenvalue weighted by Crippen LogP contribution is 2.26. The lowest BCUT2D eigenvalue weighted by atomic mass is 9.97. The van der Waals surface area contributed by atoms with Gasteiger partial charge in [-0.3, -0.25) is 4.90 Å². The van der Waals surface area contributed by atoms with Crippen LogP contribution in [0.1, 0.15) is 44.2 Å². The Hall–Kier alpha value is -1.02. The Balaban J connectivity index is 2.08. The molecule has 1 aliphatic heterocycles. The van der Waals surface area contributed by atoms with Gasteiger partial charge in [0, 0.05) is 18.8 Å². The Morgan fingerprint density at radius 2 is 2.17 bits per heavy atom. The van der Waals surface area contributed by atoms with E-state index in [-0.39, 0.29) is 0 Å². The fraction of sp³-hybridized carbons (Fsp3) is 0.625. The van der Waals surface area contributed by atoms with Gasteiger partial charge in [0.15, 0.2) is 0 Å². The van der Waals surface area contributed by atoms with Crippen LogP contribution in [0.5, 0.6) is 0 Å². The zero-order chi connectivity index (χ0) is 12.8. The van der Waals surface area contributed by atoms with Crippen LogP contribution in [0.25, 0.3) is 0 Å². The summed E-state index contributed by atoms with van der Waals surface area (Å²) in [5.74, 6) is 0. The molecule has 1 aromatic carbocycles. The second-order valence-electron chi connectivity index (χ2n) is 5.20. The average molecular weight is 246 g/mol. The number of benzene rings is 1. The summed E-state index contributed by atoms with van der Waals surface area (Å²) < 4.78 is 0. The summed E-state index contributed by atoms with van der Waals surface area (Å²) in [5.41, 5.74) is 4.45. The first-order valence-corrected chi connectivity index (χ1v) is 7.42. The molecular formula is C16H26N2. The monoisotopic (exact) mass is 246 g/mol. The zero-order valence-electron chi connectivity index (χ0n) is 11.8. The van der Waals surface area contributed by atoms with Crippen molar-refractivity contribution >= 4 is 5.69 Å². The van der Waals surface area contributed by atoms with Crippen LogP contribution in [0.2, 0.25) is 0 Å². The third-order valence-corrected chi connectivity index (χ3v) is 3.86. The molecule has 100 valence electrons. The molecule has 1 aliphatic rings. The summed E-state index contributed by atoms with van der Waals surface area (Å²) in [7, 11) is 0. The molecule has 0 amide bonds. The fourth-order valence-electron chi connectivity index (χ4n) is 2.70. The number of fused-ring (bicyclic) bond motifs is 1. The van der Waals surface area contributed by atoms with Gasteiger partial charge in [-0.15, -0.1) is 0 Å². The molecule has 0 saturated carbocycles. The van der Waals surface area contributed by atoms with E-state index in [9.17, 15) is 0 Å². The molecule has 0 aromatic heterocycles. The number of nitrogens with one attached hydrogen (secondary N) is 1. The molecular weight excluding hydrogens is 220 g/mol. The van der Waals surface area contributed by atoms with E-state index < -0.39 is 0 Å². The third kappa shape index (κ3) is 3.26. The number of rotatable bonds is 6. The number of hydrogen-bond acceptors (Lipinski definition) is 2. The Bertz CT molecular complexity index is 373. The van der Waals surface area contributed by atoms with E-state index in [4.69, 9.17) is 0 Å². The summed E-state index contributed by atoms with van der Waals surface area (Å²) in [4.78, 5) is 2.56. The van der Waals surface area contributed by atoms with Gasteiger partial charge < -0.3 is 5.32 Å². The van der Waals surface area contributed by atoms with Gasteiger partial charge in [-0.1, -0.05) is 32.4 Å². The van der Waals surface area contributed by atoms with Crippen molar-refractivity contribution in [2.75, 3.05) is 25.0 Å². The van der Waals surface area contributed by atoms with Crippen LogP contribution in [0, 0.1) is 0 Å². The molecule has 0 atom stereocenters. The standard InChI is InChI=1S/C16H26N2/c1-3-5-12-18(4-2)13-14-8-6-10-16-15(14)9-7-11-17-16/h6,8,10,17H,3-5,7,9,11-13H2,1-2H3. The molecule has 0 fully saturated rings. The van der Waals surface area contributed by atoms with Gasteiger partial charge in [0.05, 0.1) is 0 Å².